The summed E-state index contributed by atoms with van der Waals surface area (Å²) >= 11 is 1.87. The van der Waals surface area contributed by atoms with Gasteiger partial charge in [-0.1, -0.05) is 12.1 Å². The number of aryl methyl sites for hydroxylation is 1. The fourth-order valence-electron chi connectivity index (χ4n) is 2.03. The zero-order chi connectivity index (χ0) is 10.3. The van der Waals surface area contributed by atoms with Crippen molar-refractivity contribution in [2.75, 3.05) is 6.61 Å². The maximum Gasteiger partial charge on any atom is 0.127 e. The Kier molecular flexibility index (Phi) is 2.03. The highest BCUT2D eigenvalue weighted by Crippen LogP contribution is 2.40. The van der Waals surface area contributed by atoms with E-state index < -0.39 is 0 Å². The number of benzene rings is 1. The van der Waals surface area contributed by atoms with Crippen LogP contribution in [0.2, 0.25) is 0 Å². The highest BCUT2D eigenvalue weighted by atomic mass is 32.1. The van der Waals surface area contributed by atoms with Gasteiger partial charge in [-0.05, 0) is 30.7 Å². The molecule has 2 aromatic rings. The van der Waals surface area contributed by atoms with Crippen molar-refractivity contribution >= 4 is 11.3 Å². The molecule has 0 amide bonds. The Morgan fingerprint density at radius 1 is 1.27 bits per heavy atom. The summed E-state index contributed by atoms with van der Waals surface area (Å²) in [4.78, 5) is 2.78. The minimum atomic E-state index is 0.792. The number of rotatable bonds is 0. The second-order valence-electron chi connectivity index (χ2n) is 3.81. The lowest BCUT2D eigenvalue weighted by atomic mass is 10.1. The van der Waals surface area contributed by atoms with Crippen molar-refractivity contribution < 1.29 is 4.74 Å². The van der Waals surface area contributed by atoms with Crippen LogP contribution in [0.4, 0.5) is 0 Å². The van der Waals surface area contributed by atoms with Gasteiger partial charge in [0, 0.05) is 21.7 Å². The summed E-state index contributed by atoms with van der Waals surface area (Å²) in [5, 5.41) is 0. The fourth-order valence-corrected chi connectivity index (χ4v) is 3.13. The normalized spacial score (nSPS) is 13.7. The van der Waals surface area contributed by atoms with Gasteiger partial charge >= 0.3 is 0 Å². The zero-order valence-corrected chi connectivity index (χ0v) is 9.43. The molecular formula is C13H12OS. The number of thiophene rings is 1. The first-order valence-electron chi connectivity index (χ1n) is 5.16. The van der Waals surface area contributed by atoms with E-state index in [4.69, 9.17) is 4.74 Å². The van der Waals surface area contributed by atoms with Crippen LogP contribution >= 0.6 is 11.3 Å². The van der Waals surface area contributed by atoms with Crippen molar-refractivity contribution in [2.24, 2.45) is 0 Å². The van der Waals surface area contributed by atoms with Crippen LogP contribution in [0.5, 0.6) is 5.75 Å². The van der Waals surface area contributed by atoms with Gasteiger partial charge in [-0.3, -0.25) is 0 Å². The quantitative estimate of drug-likeness (QED) is 0.653. The zero-order valence-electron chi connectivity index (χ0n) is 8.62. The molecule has 0 saturated carbocycles. The topological polar surface area (TPSA) is 9.23 Å². The average molecular weight is 216 g/mol. The summed E-state index contributed by atoms with van der Waals surface area (Å²) in [6, 6.07) is 10.6. The first-order chi connectivity index (χ1) is 7.34. The van der Waals surface area contributed by atoms with Crippen molar-refractivity contribution in [1.82, 2.24) is 0 Å². The molecule has 1 aromatic carbocycles. The first kappa shape index (κ1) is 8.98. The van der Waals surface area contributed by atoms with Gasteiger partial charge in [0.1, 0.15) is 5.75 Å². The Morgan fingerprint density at radius 2 is 2.13 bits per heavy atom. The van der Waals surface area contributed by atoms with E-state index in [2.05, 4.69) is 31.2 Å². The van der Waals surface area contributed by atoms with Gasteiger partial charge in [0.05, 0.1) is 6.61 Å². The third-order valence-corrected chi connectivity index (χ3v) is 3.82. The van der Waals surface area contributed by atoms with Gasteiger partial charge < -0.3 is 4.74 Å². The molecule has 1 aliphatic rings. The van der Waals surface area contributed by atoms with Gasteiger partial charge in [0.15, 0.2) is 0 Å². The van der Waals surface area contributed by atoms with Crippen molar-refractivity contribution in [1.29, 1.82) is 0 Å². The molecule has 0 fully saturated rings. The molecule has 0 aliphatic carbocycles. The Labute approximate surface area is 93.3 Å². The summed E-state index contributed by atoms with van der Waals surface area (Å²) in [6.45, 7) is 2.96. The van der Waals surface area contributed by atoms with E-state index in [0.29, 0.717) is 0 Å². The Morgan fingerprint density at radius 3 is 3.07 bits per heavy atom. The standard InChI is InChI=1S/C13H12OS/c1-9-8-10-6-7-14-12-5-3-2-4-11(12)13(10)15-9/h2-5,8H,6-7H2,1H3. The summed E-state index contributed by atoms with van der Waals surface area (Å²) in [7, 11) is 0. The van der Waals surface area contributed by atoms with Crippen molar-refractivity contribution in [3.63, 3.8) is 0 Å². The largest absolute Gasteiger partial charge is 0.493 e. The van der Waals surface area contributed by atoms with Crippen LogP contribution in [0.15, 0.2) is 30.3 Å². The number of para-hydroxylation sites is 1. The summed E-state index contributed by atoms with van der Waals surface area (Å²) in [5.74, 6) is 1.03. The second-order valence-corrected chi connectivity index (χ2v) is 5.06. The Hall–Kier alpha value is -1.28. The number of hydrogen-bond donors (Lipinski definition) is 0. The predicted octanol–water partition coefficient (Wildman–Crippen LogP) is 3.66. The van der Waals surface area contributed by atoms with Crippen LogP contribution in [-0.2, 0) is 6.42 Å². The minimum Gasteiger partial charge on any atom is -0.493 e. The van der Waals surface area contributed by atoms with Crippen LogP contribution in [0.25, 0.3) is 10.4 Å². The number of ether oxygens (including phenoxy) is 1. The smallest absolute Gasteiger partial charge is 0.127 e. The number of fused-ring (bicyclic) bond motifs is 3. The predicted molar refractivity (Wildman–Crippen MR) is 63.7 cm³/mol. The van der Waals surface area contributed by atoms with Crippen molar-refractivity contribution in [3.8, 4) is 16.2 Å². The molecule has 0 N–H and O–H groups in total. The summed E-state index contributed by atoms with van der Waals surface area (Å²) in [6.07, 6.45) is 1.02. The van der Waals surface area contributed by atoms with E-state index >= 15 is 0 Å². The van der Waals surface area contributed by atoms with E-state index in [-0.39, 0.29) is 0 Å². The van der Waals surface area contributed by atoms with E-state index in [9.17, 15) is 0 Å². The Bertz CT molecular complexity index is 499. The van der Waals surface area contributed by atoms with E-state index in [1.54, 1.807) is 0 Å². The summed E-state index contributed by atoms with van der Waals surface area (Å²) < 4.78 is 5.74. The molecule has 1 nitrogen and oxygen atoms in total. The molecule has 3 rings (SSSR count). The van der Waals surface area contributed by atoms with Gasteiger partial charge in [-0.2, -0.15) is 0 Å². The lowest BCUT2D eigenvalue weighted by Crippen LogP contribution is -1.97. The second kappa shape index (κ2) is 3.38. The summed E-state index contributed by atoms with van der Waals surface area (Å²) in [5.41, 5.74) is 2.69. The molecule has 0 bridgehead atoms. The first-order valence-corrected chi connectivity index (χ1v) is 5.98. The number of hydrogen-bond acceptors (Lipinski definition) is 2. The van der Waals surface area contributed by atoms with Crippen LogP contribution in [0.3, 0.4) is 0 Å². The van der Waals surface area contributed by atoms with Gasteiger partial charge in [-0.15, -0.1) is 11.3 Å². The molecule has 1 aliphatic heterocycles. The molecule has 0 radical (unpaired) electrons. The van der Waals surface area contributed by atoms with Crippen LogP contribution in [-0.4, -0.2) is 6.61 Å². The Balaban J connectivity index is 2.26. The van der Waals surface area contributed by atoms with Crippen LogP contribution in [0.1, 0.15) is 10.4 Å². The molecule has 0 unspecified atom stereocenters. The van der Waals surface area contributed by atoms with E-state index in [1.807, 2.05) is 17.4 Å². The van der Waals surface area contributed by atoms with Crippen LogP contribution in [0, 0.1) is 6.92 Å². The monoisotopic (exact) mass is 216 g/mol. The molecule has 0 atom stereocenters. The van der Waals surface area contributed by atoms with Gasteiger partial charge in [0.25, 0.3) is 0 Å². The van der Waals surface area contributed by atoms with E-state index in [1.165, 1.54) is 20.9 Å². The van der Waals surface area contributed by atoms with Crippen LogP contribution < -0.4 is 4.74 Å². The molecule has 2 heteroatoms. The van der Waals surface area contributed by atoms with Gasteiger partial charge in [0.2, 0.25) is 0 Å². The third kappa shape index (κ3) is 1.45. The lowest BCUT2D eigenvalue weighted by molar-refractivity contribution is 0.326. The molecular weight excluding hydrogens is 204 g/mol. The minimum absolute atomic E-state index is 0.792. The van der Waals surface area contributed by atoms with Crippen molar-refractivity contribution in [3.05, 3.63) is 40.8 Å². The SMILES string of the molecule is Cc1cc2c(s1)-c1ccccc1OCC2. The highest BCUT2D eigenvalue weighted by Gasteiger charge is 2.16. The molecule has 0 spiro atoms. The third-order valence-electron chi connectivity index (χ3n) is 2.69. The maximum atomic E-state index is 5.74. The van der Waals surface area contributed by atoms with E-state index in [0.717, 1.165) is 18.8 Å². The molecule has 0 saturated heterocycles. The molecule has 15 heavy (non-hydrogen) atoms. The van der Waals surface area contributed by atoms with Gasteiger partial charge in [-0.25, -0.2) is 0 Å². The fraction of sp³-hybridized carbons (Fsp3) is 0.231. The molecule has 1 aromatic heterocycles. The lowest BCUT2D eigenvalue weighted by Gasteiger charge is -2.05. The van der Waals surface area contributed by atoms with Crippen molar-refractivity contribution in [2.45, 2.75) is 13.3 Å². The maximum absolute atomic E-state index is 5.74. The molecule has 76 valence electrons. The average Bonchev–Trinajstić information content (AvgIpc) is 2.52. The highest BCUT2D eigenvalue weighted by molar-refractivity contribution is 7.15. The molecule has 2 heterocycles.